The van der Waals surface area contributed by atoms with Crippen LogP contribution >= 0.6 is 0 Å². The summed E-state index contributed by atoms with van der Waals surface area (Å²) in [6.07, 6.45) is 7.53. The van der Waals surface area contributed by atoms with E-state index in [0.717, 1.165) is 72.2 Å². The zero-order chi connectivity index (χ0) is 43.2. The number of ether oxygens (including phenoxy) is 3. The molecule has 0 aliphatic carbocycles. The maximum Gasteiger partial charge on any atom is 0.311 e. The first-order chi connectivity index (χ1) is 30.3. The third-order valence-electron chi connectivity index (χ3n) is 11.4. The Hall–Kier alpha value is -7.60. The van der Waals surface area contributed by atoms with E-state index in [0.29, 0.717) is 19.6 Å². The number of carbonyl (C=O) groups excluding carboxylic acids is 4. The fourth-order valence-corrected chi connectivity index (χ4v) is 8.17. The van der Waals surface area contributed by atoms with Crippen molar-refractivity contribution < 1.29 is 33.4 Å². The second kappa shape index (κ2) is 18.3. The van der Waals surface area contributed by atoms with Gasteiger partial charge in [-0.15, -0.1) is 0 Å². The van der Waals surface area contributed by atoms with E-state index in [1.807, 2.05) is 115 Å². The molecule has 2 aromatic heterocycles. The van der Waals surface area contributed by atoms with Crippen LogP contribution in [0.25, 0.3) is 43.8 Å². The zero-order valence-electron chi connectivity index (χ0n) is 34.6. The van der Waals surface area contributed by atoms with Gasteiger partial charge in [-0.3, -0.25) is 29.1 Å². The van der Waals surface area contributed by atoms with Crippen LogP contribution in [-0.2, 0) is 30.5 Å². The molecule has 2 saturated heterocycles. The maximum absolute atomic E-state index is 12.7. The predicted octanol–water partition coefficient (Wildman–Crippen LogP) is 8.02. The average molecular weight is 828 g/mol. The largest absolute Gasteiger partial charge is 0.496 e. The first kappa shape index (κ1) is 41.1. The van der Waals surface area contributed by atoms with Crippen LogP contribution < -0.4 is 24.6 Å². The van der Waals surface area contributed by atoms with Crippen molar-refractivity contribution in [3.63, 3.8) is 0 Å². The van der Waals surface area contributed by atoms with Crippen LogP contribution in [0.1, 0.15) is 18.4 Å². The topological polar surface area (TPSA) is 140 Å². The second-order valence-electron chi connectivity index (χ2n) is 15.1. The Kier molecular flexibility index (Phi) is 12.2. The molecule has 312 valence electrons. The minimum atomic E-state index is -0.407. The molecule has 62 heavy (non-hydrogen) atoms. The number of rotatable bonds is 10. The molecule has 2 aliphatic heterocycles. The lowest BCUT2D eigenvalue weighted by atomic mass is 9.98. The molecule has 1 N–H and O–H groups in total. The van der Waals surface area contributed by atoms with E-state index in [-0.39, 0.29) is 42.5 Å². The molecule has 9 rings (SSSR count). The summed E-state index contributed by atoms with van der Waals surface area (Å²) >= 11 is 0. The van der Waals surface area contributed by atoms with Gasteiger partial charge in [0.05, 0.1) is 33.2 Å². The summed E-state index contributed by atoms with van der Waals surface area (Å²) in [5, 5.41) is 6.95. The fraction of sp³-hybridized carbons (Fsp3) is 0.200. The fourth-order valence-electron chi connectivity index (χ4n) is 8.17. The van der Waals surface area contributed by atoms with E-state index >= 15 is 0 Å². The molecule has 2 fully saturated rings. The number of aromatic nitrogens is 2. The van der Waals surface area contributed by atoms with E-state index in [4.69, 9.17) is 14.2 Å². The minimum absolute atomic E-state index is 0.0337. The van der Waals surface area contributed by atoms with Crippen LogP contribution in [0.4, 0.5) is 11.4 Å². The first-order valence-corrected chi connectivity index (χ1v) is 20.3. The highest BCUT2D eigenvalue weighted by atomic mass is 16.5. The standard InChI is InChI=1S/C28H25N3O3.C22H20N2O4/c1-34-26-12-11-23(24-13-14-29-17-25(24)26)20-7-9-22(10-8-20)31-18-21(15-27(31)32)28(33)30-16-19-5-3-2-4-6-19;1-27-20-8-7-17(18-9-10-23-12-19(18)20)14-3-5-16(6-4-14)24-13-15(11-21(24)25)22(26)28-2/h2-14,17,21H,15-16,18H2,1H3,(H,30,33);3-10,12,15H,11,13H2,1-2H3. The number of fused-ring (bicyclic) bond motifs is 2. The van der Waals surface area contributed by atoms with Crippen molar-refractivity contribution in [2.75, 3.05) is 44.2 Å². The number of benzene rings is 5. The monoisotopic (exact) mass is 827 g/mol. The highest BCUT2D eigenvalue weighted by Crippen LogP contribution is 2.37. The lowest BCUT2D eigenvalue weighted by molar-refractivity contribution is -0.145. The normalized spacial score (nSPS) is 15.9. The van der Waals surface area contributed by atoms with Gasteiger partial charge in [-0.1, -0.05) is 66.7 Å². The number of nitrogens with zero attached hydrogens (tertiary/aromatic N) is 4. The van der Waals surface area contributed by atoms with Crippen molar-refractivity contribution in [3.05, 3.63) is 146 Å². The molecule has 0 spiro atoms. The van der Waals surface area contributed by atoms with Gasteiger partial charge < -0.3 is 29.3 Å². The second-order valence-corrected chi connectivity index (χ2v) is 15.1. The van der Waals surface area contributed by atoms with E-state index < -0.39 is 5.92 Å². The molecule has 3 amide bonds. The van der Waals surface area contributed by atoms with Crippen LogP contribution in [0.5, 0.6) is 11.5 Å². The number of esters is 1. The number of nitrogens with one attached hydrogen (secondary N) is 1. The van der Waals surface area contributed by atoms with Gasteiger partial charge in [-0.25, -0.2) is 0 Å². The summed E-state index contributed by atoms with van der Waals surface area (Å²) in [4.78, 5) is 61.1. The summed E-state index contributed by atoms with van der Waals surface area (Å²) in [7, 11) is 4.64. The average Bonchev–Trinajstić information content (AvgIpc) is 3.92. The lowest BCUT2D eigenvalue weighted by Gasteiger charge is -2.18. The Morgan fingerprint density at radius 1 is 0.597 bits per heavy atom. The Labute approximate surface area is 359 Å². The molecule has 12 nitrogen and oxygen atoms in total. The Morgan fingerprint density at radius 2 is 1.08 bits per heavy atom. The molecule has 0 bridgehead atoms. The van der Waals surface area contributed by atoms with Crippen LogP contribution in [0.2, 0.25) is 0 Å². The van der Waals surface area contributed by atoms with Crippen molar-refractivity contribution in [1.82, 2.24) is 15.3 Å². The molecule has 5 aromatic carbocycles. The van der Waals surface area contributed by atoms with Gasteiger partial charge >= 0.3 is 5.97 Å². The summed E-state index contributed by atoms with van der Waals surface area (Å²) in [6, 6.07) is 37.3. The van der Waals surface area contributed by atoms with E-state index in [1.165, 1.54) is 7.11 Å². The van der Waals surface area contributed by atoms with Gasteiger partial charge in [0.15, 0.2) is 0 Å². The highest BCUT2D eigenvalue weighted by Gasteiger charge is 2.36. The van der Waals surface area contributed by atoms with Gasteiger partial charge in [-0.2, -0.15) is 0 Å². The van der Waals surface area contributed by atoms with Crippen LogP contribution in [0, 0.1) is 11.8 Å². The van der Waals surface area contributed by atoms with Gasteiger partial charge in [0, 0.05) is 79.4 Å². The number of amides is 3. The van der Waals surface area contributed by atoms with Gasteiger partial charge in [0.2, 0.25) is 17.7 Å². The number of pyridine rings is 2. The molecule has 12 heteroatoms. The molecular weight excluding hydrogens is 783 g/mol. The minimum Gasteiger partial charge on any atom is -0.496 e. The Balaban J connectivity index is 0.000000174. The van der Waals surface area contributed by atoms with Crippen LogP contribution in [0.3, 0.4) is 0 Å². The summed E-state index contributed by atoms with van der Waals surface area (Å²) < 4.78 is 15.7. The number of hydrogen-bond donors (Lipinski definition) is 1. The van der Waals surface area contributed by atoms with E-state index in [9.17, 15) is 19.2 Å². The van der Waals surface area contributed by atoms with E-state index in [2.05, 4.69) is 15.3 Å². The Morgan fingerprint density at radius 3 is 1.56 bits per heavy atom. The summed E-state index contributed by atoms with van der Waals surface area (Å²) in [6.45, 7) is 1.20. The van der Waals surface area contributed by atoms with Gasteiger partial charge in [-0.05, 0) is 87.1 Å². The first-order valence-electron chi connectivity index (χ1n) is 20.3. The molecule has 0 radical (unpaired) electrons. The molecule has 2 aliphatic rings. The van der Waals surface area contributed by atoms with Crippen molar-refractivity contribution >= 4 is 56.6 Å². The molecule has 0 saturated carbocycles. The molecule has 2 unspecified atom stereocenters. The quantitative estimate of drug-likeness (QED) is 0.136. The van der Waals surface area contributed by atoms with Crippen molar-refractivity contribution in [2.24, 2.45) is 11.8 Å². The smallest absolute Gasteiger partial charge is 0.311 e. The highest BCUT2D eigenvalue weighted by molar-refractivity contribution is 6.03. The van der Waals surface area contributed by atoms with Gasteiger partial charge in [0.1, 0.15) is 11.5 Å². The number of anilines is 2. The van der Waals surface area contributed by atoms with Crippen LogP contribution in [0.15, 0.2) is 140 Å². The number of methoxy groups -OCH3 is 3. The van der Waals surface area contributed by atoms with Crippen molar-refractivity contribution in [1.29, 1.82) is 0 Å². The summed E-state index contributed by atoms with van der Waals surface area (Å²) in [5.74, 6) is 0.268. The zero-order valence-corrected chi connectivity index (χ0v) is 34.6. The third-order valence-corrected chi connectivity index (χ3v) is 11.4. The van der Waals surface area contributed by atoms with Crippen molar-refractivity contribution in [2.45, 2.75) is 19.4 Å². The number of carbonyl (C=O) groups is 4. The van der Waals surface area contributed by atoms with Crippen molar-refractivity contribution in [3.8, 4) is 33.8 Å². The third kappa shape index (κ3) is 8.53. The SMILES string of the molecule is COC(=O)C1CC(=O)N(c2ccc(-c3ccc(OC)c4cnccc34)cc2)C1.COc1ccc(-c2ccc(N3CC(C(=O)NCc4ccccc4)CC3=O)cc2)c2ccncc12. The molecular formula is C50H45N5O7. The molecule has 2 atom stereocenters. The van der Waals surface area contributed by atoms with Gasteiger partial charge in [0.25, 0.3) is 0 Å². The molecule has 4 heterocycles. The van der Waals surface area contributed by atoms with Crippen LogP contribution in [-0.4, -0.2) is 68.1 Å². The summed E-state index contributed by atoms with van der Waals surface area (Å²) in [5.41, 5.74) is 6.80. The predicted molar refractivity (Wildman–Crippen MR) is 239 cm³/mol. The maximum atomic E-state index is 12.7. The van der Waals surface area contributed by atoms with E-state index in [1.54, 1.807) is 48.8 Å². The Bertz CT molecular complexity index is 2760. The number of hydrogen-bond acceptors (Lipinski definition) is 9. The lowest BCUT2D eigenvalue weighted by Crippen LogP contribution is -2.32. The molecule has 7 aromatic rings.